The van der Waals surface area contributed by atoms with Crippen molar-refractivity contribution in [3.63, 3.8) is 0 Å². The number of nitro benzene ring substituents is 1. The number of fused-ring (bicyclic) bond motifs is 1. The maximum atomic E-state index is 10.9. The summed E-state index contributed by atoms with van der Waals surface area (Å²) in [5.41, 5.74) is 0.881. The molecule has 1 aromatic carbocycles. The highest BCUT2D eigenvalue weighted by molar-refractivity contribution is 5.99. The van der Waals surface area contributed by atoms with Crippen LogP contribution in [0.15, 0.2) is 30.6 Å². The Morgan fingerprint density at radius 2 is 2.22 bits per heavy atom. The van der Waals surface area contributed by atoms with Crippen LogP contribution in [0.1, 0.15) is 6.92 Å². The molecule has 2 aromatic rings. The van der Waals surface area contributed by atoms with Crippen LogP contribution in [0.4, 0.5) is 11.4 Å². The highest BCUT2D eigenvalue weighted by Crippen LogP contribution is 2.30. The minimum absolute atomic E-state index is 0.0829. The van der Waals surface area contributed by atoms with E-state index in [1.54, 1.807) is 31.5 Å². The number of aromatic nitrogens is 1. The average molecular weight is 241 g/mol. The Morgan fingerprint density at radius 3 is 2.94 bits per heavy atom. The van der Waals surface area contributed by atoms with Crippen LogP contribution in [-0.2, 0) is 0 Å². The third-order valence-electron chi connectivity index (χ3n) is 2.54. The van der Waals surface area contributed by atoms with Crippen molar-refractivity contribution in [3.8, 4) is 11.8 Å². The maximum Gasteiger partial charge on any atom is 0.277 e. The fourth-order valence-corrected chi connectivity index (χ4v) is 1.72. The third-order valence-corrected chi connectivity index (χ3v) is 2.54. The summed E-state index contributed by atoms with van der Waals surface area (Å²) < 4.78 is 0. The first kappa shape index (κ1) is 11.9. The lowest BCUT2D eigenvalue weighted by Crippen LogP contribution is -2.00. The van der Waals surface area contributed by atoms with E-state index >= 15 is 0 Å². The predicted molar refractivity (Wildman–Crippen MR) is 70.3 cm³/mol. The smallest absolute Gasteiger partial charge is 0.277 e. The van der Waals surface area contributed by atoms with Gasteiger partial charge >= 0.3 is 0 Å². The van der Waals surface area contributed by atoms with Crippen molar-refractivity contribution in [1.29, 1.82) is 0 Å². The van der Waals surface area contributed by atoms with Crippen LogP contribution in [0, 0.1) is 22.0 Å². The Bertz CT molecular complexity index is 656. The average Bonchev–Trinajstić information content (AvgIpc) is 2.38. The number of nitro groups is 1. The lowest BCUT2D eigenvalue weighted by molar-refractivity contribution is -0.383. The zero-order chi connectivity index (χ0) is 13.0. The molecule has 0 unspecified atom stereocenters. The summed E-state index contributed by atoms with van der Waals surface area (Å²) in [6.07, 6.45) is 3.16. The topological polar surface area (TPSA) is 68.1 Å². The molecule has 0 radical (unpaired) electrons. The quantitative estimate of drug-likeness (QED) is 0.509. The Kier molecular flexibility index (Phi) is 3.39. The highest BCUT2D eigenvalue weighted by atomic mass is 16.6. The number of rotatable bonds is 3. The Labute approximate surface area is 104 Å². The standard InChI is InChI=1S/C13H11N3O2/c1-2-3-7-15-12-4-5-13(16(17)18)10-6-8-14-9-11(10)12/h4-6,8-9,15H,7H2,1H3. The van der Waals surface area contributed by atoms with Gasteiger partial charge in [0, 0.05) is 29.5 Å². The van der Waals surface area contributed by atoms with Gasteiger partial charge in [-0.3, -0.25) is 15.1 Å². The van der Waals surface area contributed by atoms with E-state index < -0.39 is 4.92 Å². The van der Waals surface area contributed by atoms with Crippen LogP contribution in [0.25, 0.3) is 10.8 Å². The van der Waals surface area contributed by atoms with Gasteiger partial charge in [-0.1, -0.05) is 5.92 Å². The van der Waals surface area contributed by atoms with Gasteiger partial charge in [0.1, 0.15) is 0 Å². The molecule has 5 heteroatoms. The van der Waals surface area contributed by atoms with Gasteiger partial charge in [0.2, 0.25) is 0 Å². The zero-order valence-electron chi connectivity index (χ0n) is 9.80. The van der Waals surface area contributed by atoms with Gasteiger partial charge in [0.05, 0.1) is 16.9 Å². The summed E-state index contributed by atoms with van der Waals surface area (Å²) in [4.78, 5) is 14.5. The lowest BCUT2D eigenvalue weighted by atomic mass is 10.1. The van der Waals surface area contributed by atoms with Gasteiger partial charge in [-0.2, -0.15) is 0 Å². The van der Waals surface area contributed by atoms with Crippen molar-refractivity contribution >= 4 is 22.1 Å². The van der Waals surface area contributed by atoms with Crippen LogP contribution >= 0.6 is 0 Å². The van der Waals surface area contributed by atoms with Crippen LogP contribution < -0.4 is 5.32 Å². The highest BCUT2D eigenvalue weighted by Gasteiger charge is 2.13. The molecule has 1 aromatic heterocycles. The SMILES string of the molecule is CC#CCNc1ccc([N+](=O)[O-])c2ccncc12. The molecule has 0 saturated heterocycles. The van der Waals surface area contributed by atoms with Crippen molar-refractivity contribution < 1.29 is 4.92 Å². The fourth-order valence-electron chi connectivity index (χ4n) is 1.72. The van der Waals surface area contributed by atoms with Gasteiger partial charge in [-0.25, -0.2) is 0 Å². The number of hydrogen-bond acceptors (Lipinski definition) is 4. The second kappa shape index (κ2) is 5.15. The molecule has 0 bridgehead atoms. The summed E-state index contributed by atoms with van der Waals surface area (Å²) >= 11 is 0. The predicted octanol–water partition coefficient (Wildman–Crippen LogP) is 2.58. The van der Waals surface area contributed by atoms with Gasteiger partial charge in [-0.05, 0) is 19.1 Å². The molecule has 0 aliphatic carbocycles. The van der Waals surface area contributed by atoms with Gasteiger partial charge in [0.25, 0.3) is 5.69 Å². The number of benzene rings is 1. The van der Waals surface area contributed by atoms with E-state index in [0.29, 0.717) is 11.9 Å². The first-order valence-corrected chi connectivity index (χ1v) is 5.38. The van der Waals surface area contributed by atoms with E-state index in [-0.39, 0.29) is 5.69 Å². The molecule has 5 nitrogen and oxygen atoms in total. The molecule has 0 aliphatic heterocycles. The molecular formula is C13H11N3O2. The number of pyridine rings is 1. The Morgan fingerprint density at radius 1 is 1.39 bits per heavy atom. The number of hydrogen-bond donors (Lipinski definition) is 1. The number of nitrogens with zero attached hydrogens (tertiary/aromatic N) is 2. The molecular weight excluding hydrogens is 230 g/mol. The Balaban J connectivity index is 2.52. The van der Waals surface area contributed by atoms with Crippen molar-refractivity contribution in [2.75, 3.05) is 11.9 Å². The molecule has 0 atom stereocenters. The maximum absolute atomic E-state index is 10.9. The second-order valence-electron chi connectivity index (χ2n) is 3.59. The Hall–Kier alpha value is -2.61. The van der Waals surface area contributed by atoms with E-state index in [2.05, 4.69) is 22.1 Å². The molecule has 90 valence electrons. The van der Waals surface area contributed by atoms with Crippen molar-refractivity contribution in [1.82, 2.24) is 4.98 Å². The van der Waals surface area contributed by atoms with Crippen molar-refractivity contribution in [2.24, 2.45) is 0 Å². The van der Waals surface area contributed by atoms with Gasteiger partial charge < -0.3 is 5.32 Å². The molecule has 0 fully saturated rings. The van der Waals surface area contributed by atoms with Crippen molar-refractivity contribution in [2.45, 2.75) is 6.92 Å². The molecule has 0 aliphatic rings. The van der Waals surface area contributed by atoms with Gasteiger partial charge in [-0.15, -0.1) is 5.92 Å². The van der Waals surface area contributed by atoms with Crippen LogP contribution in [0.3, 0.4) is 0 Å². The van der Waals surface area contributed by atoms with Crippen LogP contribution in [0.5, 0.6) is 0 Å². The van der Waals surface area contributed by atoms with Gasteiger partial charge in [0.15, 0.2) is 0 Å². The normalized spacial score (nSPS) is 9.61. The molecule has 0 amide bonds. The summed E-state index contributed by atoms with van der Waals surface area (Å²) in [5, 5.41) is 15.3. The van der Waals surface area contributed by atoms with E-state index in [0.717, 1.165) is 11.1 Å². The molecule has 1 heterocycles. The first-order chi connectivity index (χ1) is 8.74. The first-order valence-electron chi connectivity index (χ1n) is 5.38. The van der Waals surface area contributed by atoms with E-state index in [1.807, 2.05) is 0 Å². The molecule has 0 saturated carbocycles. The second-order valence-corrected chi connectivity index (χ2v) is 3.59. The summed E-state index contributed by atoms with van der Waals surface area (Å²) in [7, 11) is 0. The van der Waals surface area contributed by atoms with Crippen molar-refractivity contribution in [3.05, 3.63) is 40.7 Å². The zero-order valence-corrected chi connectivity index (χ0v) is 9.80. The fraction of sp³-hybridized carbons (Fsp3) is 0.154. The number of anilines is 1. The van der Waals surface area contributed by atoms with Crippen LogP contribution in [-0.4, -0.2) is 16.5 Å². The minimum atomic E-state index is -0.391. The monoisotopic (exact) mass is 241 g/mol. The molecule has 2 rings (SSSR count). The number of nitrogens with one attached hydrogen (secondary N) is 1. The summed E-state index contributed by atoms with van der Waals surface area (Å²) in [5.74, 6) is 5.66. The van der Waals surface area contributed by atoms with E-state index in [4.69, 9.17) is 0 Å². The number of non-ortho nitro benzene ring substituents is 1. The largest absolute Gasteiger partial charge is 0.374 e. The third kappa shape index (κ3) is 2.23. The lowest BCUT2D eigenvalue weighted by Gasteiger charge is -2.07. The van der Waals surface area contributed by atoms with E-state index in [1.165, 1.54) is 6.07 Å². The van der Waals surface area contributed by atoms with E-state index in [9.17, 15) is 10.1 Å². The van der Waals surface area contributed by atoms with Crippen LogP contribution in [0.2, 0.25) is 0 Å². The summed E-state index contributed by atoms with van der Waals surface area (Å²) in [6.45, 7) is 2.26. The molecule has 1 N–H and O–H groups in total. The molecule has 0 spiro atoms. The molecule has 18 heavy (non-hydrogen) atoms. The minimum Gasteiger partial charge on any atom is -0.374 e. The summed E-state index contributed by atoms with van der Waals surface area (Å²) in [6, 6.07) is 4.81.